The molecule has 3 rings (SSSR count). The van der Waals surface area contributed by atoms with E-state index in [1.165, 1.54) is 0 Å². The number of fused-ring (bicyclic) bond motifs is 1. The van der Waals surface area contributed by atoms with Crippen molar-refractivity contribution in [3.63, 3.8) is 0 Å². The third-order valence-electron chi connectivity index (χ3n) is 4.05. The lowest BCUT2D eigenvalue weighted by Crippen LogP contribution is -2.14. The maximum atomic E-state index is 12.6. The predicted octanol–water partition coefficient (Wildman–Crippen LogP) is 6.10. The molecule has 0 atom stereocenters. The first-order valence-corrected chi connectivity index (χ1v) is 9.06. The van der Waals surface area contributed by atoms with Crippen molar-refractivity contribution in [1.29, 1.82) is 0 Å². The van der Waals surface area contributed by atoms with Crippen molar-refractivity contribution in [2.75, 3.05) is 5.32 Å². The topological polar surface area (TPSA) is 42.0 Å². The highest BCUT2D eigenvalue weighted by Gasteiger charge is 2.17. The normalized spacial score (nSPS) is 10.9. The zero-order valence-corrected chi connectivity index (χ0v) is 15.7. The van der Waals surface area contributed by atoms with Crippen molar-refractivity contribution in [3.8, 4) is 0 Å². The summed E-state index contributed by atoms with van der Waals surface area (Å²) >= 11 is 18.4. The molecule has 128 valence electrons. The number of amides is 1. The number of pyridine rings is 1. The summed E-state index contributed by atoms with van der Waals surface area (Å²) in [5.41, 5.74) is 3.64. The molecule has 0 aliphatic rings. The Morgan fingerprint density at radius 2 is 1.80 bits per heavy atom. The van der Waals surface area contributed by atoms with Gasteiger partial charge in [-0.2, -0.15) is 0 Å². The lowest BCUT2D eigenvalue weighted by molar-refractivity contribution is 0.102. The molecule has 25 heavy (non-hydrogen) atoms. The Bertz CT molecular complexity index is 937. The number of halogens is 3. The van der Waals surface area contributed by atoms with Crippen molar-refractivity contribution in [2.24, 2.45) is 0 Å². The van der Waals surface area contributed by atoms with Crippen LogP contribution >= 0.6 is 34.8 Å². The molecule has 3 aromatic rings. The molecule has 6 heteroatoms. The first kappa shape index (κ1) is 18.0. The fourth-order valence-electron chi connectivity index (χ4n) is 2.78. The fraction of sp³-hybridized carbons (Fsp3) is 0.158. The second kappa shape index (κ2) is 7.61. The second-order valence-electron chi connectivity index (χ2n) is 5.50. The van der Waals surface area contributed by atoms with E-state index >= 15 is 0 Å². The average molecular weight is 394 g/mol. The Balaban J connectivity index is 2.07. The van der Waals surface area contributed by atoms with Crippen molar-refractivity contribution in [3.05, 3.63) is 69.3 Å². The number of para-hydroxylation sites is 1. The van der Waals surface area contributed by atoms with E-state index in [-0.39, 0.29) is 11.5 Å². The Kier molecular flexibility index (Phi) is 5.48. The quantitative estimate of drug-likeness (QED) is 0.544. The zero-order valence-electron chi connectivity index (χ0n) is 13.4. The number of aromatic nitrogens is 1. The molecule has 0 saturated carbocycles. The van der Waals surface area contributed by atoms with Gasteiger partial charge >= 0.3 is 0 Å². The highest BCUT2D eigenvalue weighted by Crippen LogP contribution is 2.30. The molecule has 1 N–H and O–H groups in total. The molecule has 0 aliphatic heterocycles. The number of rotatable bonds is 4. The molecule has 0 bridgehead atoms. The zero-order chi connectivity index (χ0) is 18.0. The highest BCUT2D eigenvalue weighted by molar-refractivity contribution is 6.40. The molecule has 0 saturated heterocycles. The van der Waals surface area contributed by atoms with Gasteiger partial charge < -0.3 is 5.32 Å². The van der Waals surface area contributed by atoms with Gasteiger partial charge in [0.15, 0.2) is 0 Å². The van der Waals surface area contributed by atoms with Crippen molar-refractivity contribution in [2.45, 2.75) is 19.2 Å². The van der Waals surface area contributed by atoms with E-state index in [0.717, 1.165) is 22.9 Å². The van der Waals surface area contributed by atoms with Crippen LogP contribution in [0.1, 0.15) is 28.4 Å². The Morgan fingerprint density at radius 1 is 1.12 bits per heavy atom. The number of nitrogens with one attached hydrogen (secondary N) is 1. The SMILES string of the molecule is CCc1cnc2c(NC(=O)c3c(Cl)cccc3Cl)cccc2c1CCl. The third-order valence-corrected chi connectivity index (χ3v) is 4.95. The van der Waals surface area contributed by atoms with E-state index in [1.54, 1.807) is 30.5 Å². The minimum atomic E-state index is -0.378. The molecule has 2 aromatic carbocycles. The molecule has 1 amide bonds. The summed E-state index contributed by atoms with van der Waals surface area (Å²) in [6.07, 6.45) is 2.65. The first-order valence-electron chi connectivity index (χ1n) is 7.77. The van der Waals surface area contributed by atoms with Crippen LogP contribution in [0.5, 0.6) is 0 Å². The lowest BCUT2D eigenvalue weighted by Gasteiger charge is -2.13. The summed E-state index contributed by atoms with van der Waals surface area (Å²) in [6.45, 7) is 2.06. The molecular weight excluding hydrogens is 379 g/mol. The van der Waals surface area contributed by atoms with Crippen LogP contribution in [0.2, 0.25) is 10.0 Å². The minimum Gasteiger partial charge on any atom is -0.320 e. The van der Waals surface area contributed by atoms with Gasteiger partial charge in [-0.25, -0.2) is 0 Å². The van der Waals surface area contributed by atoms with Gasteiger partial charge in [-0.3, -0.25) is 9.78 Å². The molecule has 3 nitrogen and oxygen atoms in total. The number of carbonyl (C=O) groups is 1. The second-order valence-corrected chi connectivity index (χ2v) is 6.58. The van der Waals surface area contributed by atoms with Gasteiger partial charge in [-0.15, -0.1) is 11.6 Å². The van der Waals surface area contributed by atoms with Crippen LogP contribution < -0.4 is 5.32 Å². The van der Waals surface area contributed by atoms with Gasteiger partial charge in [0.2, 0.25) is 0 Å². The van der Waals surface area contributed by atoms with E-state index in [9.17, 15) is 4.79 Å². The Labute approximate surface area is 160 Å². The molecule has 0 unspecified atom stereocenters. The fourth-order valence-corrected chi connectivity index (χ4v) is 3.67. The Hall–Kier alpha value is -1.81. The molecule has 1 aromatic heterocycles. The van der Waals surface area contributed by atoms with E-state index in [0.29, 0.717) is 27.1 Å². The number of alkyl halides is 1. The number of aryl methyl sites for hydroxylation is 1. The largest absolute Gasteiger partial charge is 0.320 e. The molecule has 0 fully saturated rings. The number of carbonyl (C=O) groups excluding carboxylic acids is 1. The van der Waals surface area contributed by atoms with Crippen molar-refractivity contribution in [1.82, 2.24) is 4.98 Å². The molecular formula is C19H15Cl3N2O. The van der Waals surface area contributed by atoms with E-state index in [1.807, 2.05) is 12.1 Å². The van der Waals surface area contributed by atoms with Gasteiger partial charge in [0, 0.05) is 17.5 Å². The standard InChI is InChI=1S/C19H15Cl3N2O/c1-2-11-10-23-18-12(13(11)9-20)5-3-8-16(18)24-19(25)17-14(21)6-4-7-15(17)22/h3-8,10H,2,9H2,1H3,(H,24,25). The van der Waals surface area contributed by atoms with Crippen LogP contribution in [0.25, 0.3) is 10.9 Å². The van der Waals surface area contributed by atoms with Crippen molar-refractivity contribution >= 4 is 57.3 Å². The molecule has 0 spiro atoms. The average Bonchev–Trinajstić information content (AvgIpc) is 2.60. The van der Waals surface area contributed by atoms with E-state index in [4.69, 9.17) is 34.8 Å². The summed E-state index contributed by atoms with van der Waals surface area (Å²) in [4.78, 5) is 17.2. The molecule has 1 heterocycles. The summed E-state index contributed by atoms with van der Waals surface area (Å²) in [6, 6.07) is 10.6. The van der Waals surface area contributed by atoms with Gasteiger partial charge in [-0.05, 0) is 35.7 Å². The maximum absolute atomic E-state index is 12.6. The monoisotopic (exact) mass is 392 g/mol. The van der Waals surface area contributed by atoms with Crippen LogP contribution in [0, 0.1) is 0 Å². The van der Waals surface area contributed by atoms with Crippen LogP contribution in [0.15, 0.2) is 42.6 Å². The third kappa shape index (κ3) is 3.45. The van der Waals surface area contributed by atoms with Crippen LogP contribution in [-0.4, -0.2) is 10.9 Å². The van der Waals surface area contributed by atoms with Gasteiger partial charge in [-0.1, -0.05) is 48.3 Å². The number of nitrogens with zero attached hydrogens (tertiary/aromatic N) is 1. The summed E-state index contributed by atoms with van der Waals surface area (Å²) in [7, 11) is 0. The van der Waals surface area contributed by atoms with Crippen LogP contribution in [0.4, 0.5) is 5.69 Å². The number of hydrogen-bond acceptors (Lipinski definition) is 2. The van der Waals surface area contributed by atoms with Gasteiger partial charge in [0.05, 0.1) is 26.8 Å². The number of anilines is 1. The molecule has 0 aliphatic carbocycles. The molecule has 0 radical (unpaired) electrons. The summed E-state index contributed by atoms with van der Waals surface area (Å²) in [5, 5.41) is 4.38. The predicted molar refractivity (Wildman–Crippen MR) is 105 cm³/mol. The van der Waals surface area contributed by atoms with Crippen LogP contribution in [0.3, 0.4) is 0 Å². The van der Waals surface area contributed by atoms with Crippen LogP contribution in [-0.2, 0) is 12.3 Å². The highest BCUT2D eigenvalue weighted by atomic mass is 35.5. The summed E-state index contributed by atoms with van der Waals surface area (Å²) < 4.78 is 0. The minimum absolute atomic E-state index is 0.241. The van der Waals surface area contributed by atoms with E-state index < -0.39 is 0 Å². The van der Waals surface area contributed by atoms with Crippen molar-refractivity contribution < 1.29 is 4.79 Å². The Morgan fingerprint density at radius 3 is 2.44 bits per heavy atom. The first-order chi connectivity index (χ1) is 12.1. The number of hydrogen-bond donors (Lipinski definition) is 1. The maximum Gasteiger partial charge on any atom is 0.258 e. The lowest BCUT2D eigenvalue weighted by atomic mass is 10.0. The van der Waals surface area contributed by atoms with E-state index in [2.05, 4.69) is 17.2 Å². The number of benzene rings is 2. The smallest absolute Gasteiger partial charge is 0.258 e. The van der Waals surface area contributed by atoms with Gasteiger partial charge in [0.1, 0.15) is 0 Å². The summed E-state index contributed by atoms with van der Waals surface area (Å²) in [5.74, 6) is 0.00698. The van der Waals surface area contributed by atoms with Gasteiger partial charge in [0.25, 0.3) is 5.91 Å².